The van der Waals surface area contributed by atoms with Gasteiger partial charge in [0.15, 0.2) is 0 Å². The Morgan fingerprint density at radius 2 is 1.95 bits per heavy atom. The molecule has 21 heavy (non-hydrogen) atoms. The lowest BCUT2D eigenvalue weighted by Gasteiger charge is -2.12. The van der Waals surface area contributed by atoms with Crippen LogP contribution in [0.2, 0.25) is 0 Å². The zero-order chi connectivity index (χ0) is 15.4. The maximum Gasteiger partial charge on any atom is 0.350 e. The van der Waals surface area contributed by atoms with Gasteiger partial charge in [0.2, 0.25) is 5.91 Å². The van der Waals surface area contributed by atoms with Crippen molar-refractivity contribution in [1.29, 1.82) is 0 Å². The average molecular weight is 324 g/mol. The summed E-state index contributed by atoms with van der Waals surface area (Å²) in [7, 11) is 1.30. The summed E-state index contributed by atoms with van der Waals surface area (Å²) >= 11 is 7.39. The molecule has 0 fully saturated rings. The summed E-state index contributed by atoms with van der Waals surface area (Å²) in [5, 5.41) is 3.67. The Balaban J connectivity index is 2.20. The first-order chi connectivity index (χ1) is 10.0. The monoisotopic (exact) mass is 323 g/mol. The molecule has 6 heteroatoms. The van der Waals surface area contributed by atoms with Crippen molar-refractivity contribution < 1.29 is 14.3 Å². The number of alkyl halides is 1. The number of ether oxygens (including phenoxy) is 1. The molecule has 1 aromatic carbocycles. The van der Waals surface area contributed by atoms with E-state index in [1.54, 1.807) is 17.5 Å². The number of rotatable bonds is 4. The predicted octanol–water partition coefficient (Wildman–Crippen LogP) is 3.76. The van der Waals surface area contributed by atoms with Gasteiger partial charge in [0.05, 0.1) is 12.8 Å². The van der Waals surface area contributed by atoms with Gasteiger partial charge in [-0.1, -0.05) is 30.3 Å². The van der Waals surface area contributed by atoms with Crippen molar-refractivity contribution >= 4 is 40.5 Å². The Kier molecular flexibility index (Phi) is 4.98. The minimum Gasteiger partial charge on any atom is -0.465 e. The molecule has 0 bridgehead atoms. The van der Waals surface area contributed by atoms with Crippen molar-refractivity contribution in [2.24, 2.45) is 0 Å². The topological polar surface area (TPSA) is 55.4 Å². The van der Waals surface area contributed by atoms with Crippen LogP contribution in [0.4, 0.5) is 5.69 Å². The quantitative estimate of drug-likeness (QED) is 0.688. The summed E-state index contributed by atoms with van der Waals surface area (Å²) in [5.74, 6) is -0.858. The number of hydrogen-bond donors (Lipinski definition) is 1. The molecule has 1 atom stereocenters. The summed E-state index contributed by atoms with van der Waals surface area (Å²) in [4.78, 5) is 24.3. The number of amides is 1. The maximum absolute atomic E-state index is 12.2. The highest BCUT2D eigenvalue weighted by atomic mass is 35.5. The lowest BCUT2D eigenvalue weighted by atomic mass is 10.1. The van der Waals surface area contributed by atoms with Gasteiger partial charge in [-0.05, 0) is 23.4 Å². The van der Waals surface area contributed by atoms with Crippen LogP contribution in [0.25, 0.3) is 0 Å². The van der Waals surface area contributed by atoms with E-state index in [0.717, 1.165) is 5.56 Å². The van der Waals surface area contributed by atoms with Gasteiger partial charge in [0.1, 0.15) is 10.3 Å². The van der Waals surface area contributed by atoms with Crippen LogP contribution in [-0.4, -0.2) is 19.0 Å². The highest BCUT2D eigenvalue weighted by Crippen LogP contribution is 2.30. The van der Waals surface area contributed by atoms with Gasteiger partial charge in [-0.25, -0.2) is 4.79 Å². The number of aryl methyl sites for hydroxylation is 1. The van der Waals surface area contributed by atoms with Crippen LogP contribution in [0, 0.1) is 6.92 Å². The molecule has 1 amide bonds. The number of nitrogens with one attached hydrogen (secondary N) is 1. The number of esters is 1. The molecule has 4 nitrogen and oxygen atoms in total. The molecule has 0 spiro atoms. The summed E-state index contributed by atoms with van der Waals surface area (Å²) in [6.07, 6.45) is 0. The molecule has 1 N–H and O–H groups in total. The largest absolute Gasteiger partial charge is 0.465 e. The molecule has 0 saturated heterocycles. The van der Waals surface area contributed by atoms with Crippen molar-refractivity contribution in [2.75, 3.05) is 12.4 Å². The smallest absolute Gasteiger partial charge is 0.350 e. The fourth-order valence-corrected chi connectivity index (χ4v) is 2.92. The number of halogens is 1. The molecule has 0 radical (unpaired) electrons. The minimum absolute atomic E-state index is 0.361. The molecular weight excluding hydrogens is 310 g/mol. The molecule has 0 unspecified atom stereocenters. The summed E-state index contributed by atoms with van der Waals surface area (Å²) in [6, 6.07) is 9.03. The van der Waals surface area contributed by atoms with Gasteiger partial charge >= 0.3 is 5.97 Å². The average Bonchev–Trinajstić information content (AvgIpc) is 2.87. The first-order valence-corrected chi connectivity index (χ1v) is 7.52. The first-order valence-electron chi connectivity index (χ1n) is 6.21. The van der Waals surface area contributed by atoms with Crippen LogP contribution in [-0.2, 0) is 9.53 Å². The van der Waals surface area contributed by atoms with Crippen LogP contribution < -0.4 is 5.32 Å². The van der Waals surface area contributed by atoms with Gasteiger partial charge < -0.3 is 10.1 Å². The fourth-order valence-electron chi connectivity index (χ4n) is 1.80. The maximum atomic E-state index is 12.2. The Morgan fingerprint density at radius 1 is 1.29 bits per heavy atom. The number of carbonyl (C=O) groups excluding carboxylic acids is 2. The number of anilines is 1. The van der Waals surface area contributed by atoms with E-state index in [4.69, 9.17) is 16.3 Å². The standard InChI is InChI=1S/C15H14ClNO3S/c1-9-8-21-13(15(19)20-2)12(9)17-14(18)11(16)10-6-4-3-5-7-10/h3-8,11H,1-2H3,(H,17,18)/t11-/m1/s1. The third kappa shape index (κ3) is 3.43. The molecule has 0 aliphatic heterocycles. The fraction of sp³-hybridized carbons (Fsp3) is 0.200. The van der Waals surface area contributed by atoms with E-state index in [9.17, 15) is 9.59 Å². The van der Waals surface area contributed by atoms with Crippen molar-refractivity contribution in [2.45, 2.75) is 12.3 Å². The van der Waals surface area contributed by atoms with Crippen molar-refractivity contribution in [3.63, 3.8) is 0 Å². The minimum atomic E-state index is -0.823. The molecular formula is C15H14ClNO3S. The van der Waals surface area contributed by atoms with Crippen LogP contribution in [0.1, 0.15) is 26.2 Å². The number of methoxy groups -OCH3 is 1. The van der Waals surface area contributed by atoms with E-state index in [0.29, 0.717) is 16.1 Å². The second kappa shape index (κ2) is 6.74. The second-order valence-electron chi connectivity index (χ2n) is 4.38. The Labute approximate surface area is 131 Å². The number of benzene rings is 1. The second-order valence-corrected chi connectivity index (χ2v) is 5.69. The Hall–Kier alpha value is -1.85. The van der Waals surface area contributed by atoms with Crippen LogP contribution >= 0.6 is 22.9 Å². The van der Waals surface area contributed by atoms with E-state index in [2.05, 4.69) is 5.32 Å². The summed E-state index contributed by atoms with van der Waals surface area (Å²) in [6.45, 7) is 1.81. The number of thiophene rings is 1. The van der Waals surface area contributed by atoms with E-state index in [1.165, 1.54) is 18.4 Å². The van der Waals surface area contributed by atoms with Gasteiger partial charge in [-0.2, -0.15) is 0 Å². The molecule has 0 aliphatic rings. The zero-order valence-electron chi connectivity index (χ0n) is 11.6. The molecule has 2 aromatic rings. The first kappa shape index (κ1) is 15.5. The lowest BCUT2D eigenvalue weighted by Crippen LogP contribution is -2.19. The summed E-state index contributed by atoms with van der Waals surface area (Å²) < 4.78 is 4.70. The lowest BCUT2D eigenvalue weighted by molar-refractivity contribution is -0.116. The number of carbonyl (C=O) groups is 2. The normalized spacial score (nSPS) is 11.8. The van der Waals surface area contributed by atoms with Gasteiger partial charge in [-0.15, -0.1) is 22.9 Å². The van der Waals surface area contributed by atoms with Crippen molar-refractivity contribution in [3.8, 4) is 0 Å². The van der Waals surface area contributed by atoms with Gasteiger partial charge in [0.25, 0.3) is 0 Å². The van der Waals surface area contributed by atoms with E-state index < -0.39 is 11.3 Å². The highest BCUT2D eigenvalue weighted by Gasteiger charge is 2.23. The molecule has 2 rings (SSSR count). The van der Waals surface area contributed by atoms with E-state index >= 15 is 0 Å². The van der Waals surface area contributed by atoms with Crippen molar-refractivity contribution in [3.05, 3.63) is 51.7 Å². The SMILES string of the molecule is COC(=O)c1scc(C)c1NC(=O)[C@H](Cl)c1ccccc1. The molecule has 0 aliphatic carbocycles. The van der Waals surface area contributed by atoms with E-state index in [-0.39, 0.29) is 5.91 Å². The molecule has 1 aromatic heterocycles. The summed E-state index contributed by atoms with van der Waals surface area (Å²) in [5.41, 5.74) is 1.95. The Bertz CT molecular complexity index is 654. The van der Waals surface area contributed by atoms with Gasteiger partial charge in [0, 0.05) is 0 Å². The number of hydrogen-bond acceptors (Lipinski definition) is 4. The predicted molar refractivity (Wildman–Crippen MR) is 84.1 cm³/mol. The van der Waals surface area contributed by atoms with Crippen LogP contribution in [0.3, 0.4) is 0 Å². The van der Waals surface area contributed by atoms with Gasteiger partial charge in [-0.3, -0.25) is 4.79 Å². The Morgan fingerprint density at radius 3 is 2.57 bits per heavy atom. The third-order valence-corrected chi connectivity index (χ3v) is 4.44. The van der Waals surface area contributed by atoms with Crippen LogP contribution in [0.5, 0.6) is 0 Å². The molecule has 110 valence electrons. The van der Waals surface area contributed by atoms with E-state index in [1.807, 2.05) is 25.1 Å². The third-order valence-electron chi connectivity index (χ3n) is 2.92. The molecule has 1 heterocycles. The van der Waals surface area contributed by atoms with Crippen LogP contribution in [0.15, 0.2) is 35.7 Å². The molecule has 0 saturated carbocycles. The zero-order valence-corrected chi connectivity index (χ0v) is 13.1. The highest BCUT2D eigenvalue weighted by molar-refractivity contribution is 7.12. The van der Waals surface area contributed by atoms with Crippen molar-refractivity contribution in [1.82, 2.24) is 0 Å².